The molecule has 1 unspecified atom stereocenters. The van der Waals surface area contributed by atoms with Crippen molar-refractivity contribution in [3.8, 4) is 5.75 Å². The molecule has 9 nitrogen and oxygen atoms in total. The SMILES string of the molecule is CCC(C)NS(=O)(=O)c1ccc(OCC(=O)NCCSc2n[nH]c(C)n2)cc1. The van der Waals surface area contributed by atoms with Crippen LogP contribution in [0.5, 0.6) is 5.75 Å². The van der Waals surface area contributed by atoms with E-state index in [1.54, 1.807) is 6.92 Å². The van der Waals surface area contributed by atoms with Gasteiger partial charge in [0.15, 0.2) is 6.61 Å². The van der Waals surface area contributed by atoms with Crippen molar-refractivity contribution in [3.05, 3.63) is 30.1 Å². The van der Waals surface area contributed by atoms with Crippen LogP contribution in [0.15, 0.2) is 34.3 Å². The van der Waals surface area contributed by atoms with Crippen LogP contribution in [0, 0.1) is 6.92 Å². The third-order valence-electron chi connectivity index (χ3n) is 3.70. The van der Waals surface area contributed by atoms with E-state index in [4.69, 9.17) is 4.74 Å². The van der Waals surface area contributed by atoms with Crippen LogP contribution in [0.4, 0.5) is 0 Å². The second-order valence-electron chi connectivity index (χ2n) is 6.09. The molecule has 0 radical (unpaired) electrons. The van der Waals surface area contributed by atoms with Crippen molar-refractivity contribution in [2.75, 3.05) is 18.9 Å². The Kier molecular flexibility index (Phi) is 8.27. The standard InChI is InChI=1S/C17H25N5O4S2/c1-4-12(2)22-28(24,25)15-7-5-14(6-8-15)26-11-16(23)18-9-10-27-17-19-13(3)20-21-17/h5-8,12,22H,4,9-11H2,1-3H3,(H,18,23)(H,19,20,21). The smallest absolute Gasteiger partial charge is 0.257 e. The molecule has 0 saturated heterocycles. The van der Waals surface area contributed by atoms with E-state index in [9.17, 15) is 13.2 Å². The maximum atomic E-state index is 12.2. The number of rotatable bonds is 11. The fourth-order valence-corrected chi connectivity index (χ4v) is 4.08. The minimum absolute atomic E-state index is 0.143. The van der Waals surface area contributed by atoms with Gasteiger partial charge in [0.05, 0.1) is 4.90 Å². The van der Waals surface area contributed by atoms with Crippen LogP contribution in [0.3, 0.4) is 0 Å². The van der Waals surface area contributed by atoms with Gasteiger partial charge in [-0.2, -0.15) is 0 Å². The number of aromatic amines is 1. The first kappa shape index (κ1) is 22.2. The van der Waals surface area contributed by atoms with Crippen molar-refractivity contribution < 1.29 is 17.9 Å². The van der Waals surface area contributed by atoms with Crippen LogP contribution in [0.2, 0.25) is 0 Å². The molecule has 0 bridgehead atoms. The molecule has 1 aromatic heterocycles. The molecular weight excluding hydrogens is 402 g/mol. The molecule has 11 heteroatoms. The first-order valence-electron chi connectivity index (χ1n) is 8.84. The molecule has 1 heterocycles. The lowest BCUT2D eigenvalue weighted by Crippen LogP contribution is -2.32. The summed E-state index contributed by atoms with van der Waals surface area (Å²) < 4.78 is 32.4. The van der Waals surface area contributed by atoms with Crippen LogP contribution in [0.25, 0.3) is 0 Å². The molecule has 1 aromatic carbocycles. The summed E-state index contributed by atoms with van der Waals surface area (Å²) in [4.78, 5) is 16.1. The van der Waals surface area contributed by atoms with Gasteiger partial charge in [0, 0.05) is 18.3 Å². The number of aromatic nitrogens is 3. The number of nitrogens with zero attached hydrogens (tertiary/aromatic N) is 2. The number of amides is 1. The number of hydrogen-bond acceptors (Lipinski definition) is 7. The molecule has 154 valence electrons. The largest absolute Gasteiger partial charge is 0.484 e. The van der Waals surface area contributed by atoms with Gasteiger partial charge in [0.1, 0.15) is 11.6 Å². The molecule has 0 aliphatic carbocycles. The number of hydrogen-bond donors (Lipinski definition) is 3. The summed E-state index contributed by atoms with van der Waals surface area (Å²) in [5.74, 6) is 1.54. The van der Waals surface area contributed by atoms with Gasteiger partial charge in [-0.15, -0.1) is 5.10 Å². The van der Waals surface area contributed by atoms with E-state index in [2.05, 4.69) is 25.2 Å². The maximum absolute atomic E-state index is 12.2. The summed E-state index contributed by atoms with van der Waals surface area (Å²) in [6, 6.07) is 5.82. The van der Waals surface area contributed by atoms with Gasteiger partial charge in [0.2, 0.25) is 15.2 Å². The Labute approximate surface area is 169 Å². The average Bonchev–Trinajstić information content (AvgIpc) is 3.08. The highest BCUT2D eigenvalue weighted by atomic mass is 32.2. The highest BCUT2D eigenvalue weighted by molar-refractivity contribution is 7.99. The molecule has 0 fully saturated rings. The van der Waals surface area contributed by atoms with Gasteiger partial charge in [0.25, 0.3) is 5.91 Å². The van der Waals surface area contributed by atoms with Gasteiger partial charge in [-0.1, -0.05) is 18.7 Å². The lowest BCUT2D eigenvalue weighted by molar-refractivity contribution is -0.122. The topological polar surface area (TPSA) is 126 Å². The van der Waals surface area contributed by atoms with Crippen LogP contribution in [-0.4, -0.2) is 54.5 Å². The van der Waals surface area contributed by atoms with E-state index in [-0.39, 0.29) is 23.5 Å². The van der Waals surface area contributed by atoms with Crippen molar-refractivity contribution in [1.82, 2.24) is 25.2 Å². The molecule has 1 amide bonds. The number of thioether (sulfide) groups is 1. The molecule has 28 heavy (non-hydrogen) atoms. The number of carbonyl (C=O) groups excluding carboxylic acids is 1. The minimum Gasteiger partial charge on any atom is -0.484 e. The summed E-state index contributed by atoms with van der Waals surface area (Å²) in [5.41, 5.74) is 0. The number of H-pyrrole nitrogens is 1. The fourth-order valence-electron chi connectivity index (χ4n) is 2.05. The quantitative estimate of drug-likeness (QED) is 0.366. The zero-order chi connectivity index (χ0) is 20.6. The fraction of sp³-hybridized carbons (Fsp3) is 0.471. The average molecular weight is 428 g/mol. The Balaban J connectivity index is 1.72. The van der Waals surface area contributed by atoms with E-state index in [0.29, 0.717) is 29.6 Å². The number of aryl methyl sites for hydroxylation is 1. The Morgan fingerprint density at radius 2 is 2.04 bits per heavy atom. The van der Waals surface area contributed by atoms with Crippen molar-refractivity contribution in [3.63, 3.8) is 0 Å². The van der Waals surface area contributed by atoms with E-state index in [0.717, 1.165) is 5.82 Å². The van der Waals surface area contributed by atoms with Gasteiger partial charge in [-0.05, 0) is 44.5 Å². The second-order valence-corrected chi connectivity index (χ2v) is 8.87. The third-order valence-corrected chi connectivity index (χ3v) is 6.16. The summed E-state index contributed by atoms with van der Waals surface area (Å²) in [7, 11) is -3.56. The first-order chi connectivity index (χ1) is 13.3. The predicted molar refractivity (Wildman–Crippen MR) is 107 cm³/mol. The predicted octanol–water partition coefficient (Wildman–Crippen LogP) is 1.48. The summed E-state index contributed by atoms with van der Waals surface area (Å²) >= 11 is 1.44. The molecule has 0 aliphatic heterocycles. The molecule has 2 rings (SSSR count). The van der Waals surface area contributed by atoms with Gasteiger partial charge in [-0.3, -0.25) is 9.89 Å². The Hall–Kier alpha value is -2.11. The van der Waals surface area contributed by atoms with Crippen LogP contribution < -0.4 is 14.8 Å². The number of carbonyl (C=O) groups is 1. The van der Waals surface area contributed by atoms with E-state index >= 15 is 0 Å². The molecule has 0 saturated carbocycles. The molecule has 0 aliphatic rings. The normalized spacial score (nSPS) is 12.5. The Bertz CT molecular complexity index is 868. The number of sulfonamides is 1. The molecule has 2 aromatic rings. The van der Waals surface area contributed by atoms with Crippen molar-refractivity contribution >= 4 is 27.7 Å². The first-order valence-corrected chi connectivity index (χ1v) is 11.3. The Morgan fingerprint density at radius 1 is 1.32 bits per heavy atom. The minimum atomic E-state index is -3.56. The number of nitrogens with one attached hydrogen (secondary N) is 3. The third kappa shape index (κ3) is 7.13. The number of ether oxygens (including phenoxy) is 1. The van der Waals surface area contributed by atoms with Gasteiger partial charge in [-0.25, -0.2) is 18.1 Å². The lowest BCUT2D eigenvalue weighted by atomic mass is 10.3. The highest BCUT2D eigenvalue weighted by Crippen LogP contribution is 2.16. The molecule has 1 atom stereocenters. The summed E-state index contributed by atoms with van der Waals surface area (Å²) in [6.07, 6.45) is 0.700. The van der Waals surface area contributed by atoms with Crippen LogP contribution >= 0.6 is 11.8 Å². The molecule has 3 N–H and O–H groups in total. The zero-order valence-corrected chi connectivity index (χ0v) is 17.7. The van der Waals surface area contributed by atoms with Crippen molar-refractivity contribution in [2.45, 2.75) is 43.3 Å². The maximum Gasteiger partial charge on any atom is 0.257 e. The van der Waals surface area contributed by atoms with E-state index < -0.39 is 10.0 Å². The van der Waals surface area contributed by atoms with Crippen molar-refractivity contribution in [1.29, 1.82) is 0 Å². The van der Waals surface area contributed by atoms with Gasteiger partial charge >= 0.3 is 0 Å². The molecular formula is C17H25N5O4S2. The van der Waals surface area contributed by atoms with E-state index in [1.165, 1.54) is 36.0 Å². The monoisotopic (exact) mass is 427 g/mol. The van der Waals surface area contributed by atoms with E-state index in [1.807, 2.05) is 13.8 Å². The van der Waals surface area contributed by atoms with Crippen LogP contribution in [-0.2, 0) is 14.8 Å². The lowest BCUT2D eigenvalue weighted by Gasteiger charge is -2.12. The summed E-state index contributed by atoms with van der Waals surface area (Å²) in [6.45, 7) is 5.84. The van der Waals surface area contributed by atoms with Crippen molar-refractivity contribution in [2.24, 2.45) is 0 Å². The second kappa shape index (κ2) is 10.4. The van der Waals surface area contributed by atoms with Gasteiger partial charge < -0.3 is 10.1 Å². The highest BCUT2D eigenvalue weighted by Gasteiger charge is 2.16. The Morgan fingerprint density at radius 3 is 2.64 bits per heavy atom. The molecule has 0 spiro atoms. The number of benzene rings is 1. The summed E-state index contributed by atoms with van der Waals surface area (Å²) in [5, 5.41) is 10.1. The van der Waals surface area contributed by atoms with Crippen LogP contribution in [0.1, 0.15) is 26.1 Å². The zero-order valence-electron chi connectivity index (χ0n) is 16.1.